The lowest BCUT2D eigenvalue weighted by Gasteiger charge is -2.30. The van der Waals surface area contributed by atoms with Gasteiger partial charge in [0.2, 0.25) is 5.43 Å². The van der Waals surface area contributed by atoms with Gasteiger partial charge in [0.15, 0.2) is 5.75 Å². The van der Waals surface area contributed by atoms with Crippen LogP contribution >= 0.6 is 24.8 Å². The molecule has 1 aromatic heterocycles. The van der Waals surface area contributed by atoms with Crippen molar-refractivity contribution >= 4 is 24.8 Å². The maximum atomic E-state index is 12.2. The minimum atomic E-state index is -0.483. The number of nitrogens with one attached hydrogen (secondary N) is 1. The van der Waals surface area contributed by atoms with Crippen LogP contribution in [0.4, 0.5) is 0 Å². The molecule has 0 amide bonds. The van der Waals surface area contributed by atoms with Crippen LogP contribution in [0.15, 0.2) is 23.3 Å². The fourth-order valence-electron chi connectivity index (χ4n) is 4.54. The highest BCUT2D eigenvalue weighted by molar-refractivity contribution is 5.85. The summed E-state index contributed by atoms with van der Waals surface area (Å²) in [5, 5.41) is 0. The standard InChI is InChI=1S/C30H56N2O3.2ClH/c1-5-6-7-8-9-10-11-12-13-14-15-16-17-18-19-22-30(2,27-34-25-20-24-32(3)4)35-29-26-31-23-21-28(29)33;;/h21,23,26H,5-20,22,24-25,27H2,1-4H3,(H,31,33);2*1H. The van der Waals surface area contributed by atoms with Crippen molar-refractivity contribution in [1.29, 1.82) is 0 Å². The van der Waals surface area contributed by atoms with E-state index >= 15 is 0 Å². The van der Waals surface area contributed by atoms with Crippen molar-refractivity contribution in [2.45, 2.75) is 129 Å². The van der Waals surface area contributed by atoms with Gasteiger partial charge in [-0.05, 0) is 46.8 Å². The number of aromatic amines is 1. The van der Waals surface area contributed by atoms with Crippen LogP contribution in [-0.2, 0) is 4.74 Å². The molecule has 1 atom stereocenters. The summed E-state index contributed by atoms with van der Waals surface area (Å²) in [4.78, 5) is 17.3. The maximum absolute atomic E-state index is 12.2. The summed E-state index contributed by atoms with van der Waals surface area (Å²) in [6.07, 6.45) is 25.5. The van der Waals surface area contributed by atoms with Gasteiger partial charge >= 0.3 is 0 Å². The molecule has 0 saturated carbocycles. The van der Waals surface area contributed by atoms with Crippen molar-refractivity contribution < 1.29 is 9.47 Å². The van der Waals surface area contributed by atoms with Gasteiger partial charge in [0.05, 0.1) is 6.61 Å². The molecule has 0 saturated heterocycles. The van der Waals surface area contributed by atoms with E-state index in [1.54, 1.807) is 12.4 Å². The molecule has 0 spiro atoms. The molecule has 0 radical (unpaired) electrons. The zero-order chi connectivity index (χ0) is 25.6. The molecule has 1 N–H and O–H groups in total. The third-order valence-corrected chi connectivity index (χ3v) is 6.76. The molecular formula is C30H58Cl2N2O3. The molecule has 0 aliphatic carbocycles. The van der Waals surface area contributed by atoms with Gasteiger partial charge in [0.25, 0.3) is 0 Å². The molecule has 1 heterocycles. The quantitative estimate of drug-likeness (QED) is 0.128. The Hall–Kier alpha value is -0.750. The van der Waals surface area contributed by atoms with Crippen molar-refractivity contribution in [3.05, 3.63) is 28.7 Å². The molecule has 220 valence electrons. The van der Waals surface area contributed by atoms with Gasteiger partial charge in [0.1, 0.15) is 5.60 Å². The number of unbranched alkanes of at least 4 members (excludes halogenated alkanes) is 14. The van der Waals surface area contributed by atoms with E-state index in [9.17, 15) is 4.79 Å². The van der Waals surface area contributed by atoms with E-state index in [-0.39, 0.29) is 30.2 Å². The highest BCUT2D eigenvalue weighted by Crippen LogP contribution is 2.23. The van der Waals surface area contributed by atoms with Gasteiger partial charge in [-0.15, -0.1) is 24.8 Å². The SMILES string of the molecule is CCCCCCCCCCCCCCCCCC(C)(COCCCN(C)C)Oc1c[nH]ccc1=O.Cl.Cl. The Morgan fingerprint density at radius 3 is 1.81 bits per heavy atom. The minimum Gasteiger partial charge on any atom is -0.480 e. The Labute approximate surface area is 240 Å². The molecule has 0 aromatic carbocycles. The Bertz CT molecular complexity index is 672. The molecule has 0 bridgehead atoms. The van der Waals surface area contributed by atoms with Gasteiger partial charge in [0, 0.05) is 25.1 Å². The van der Waals surface area contributed by atoms with E-state index < -0.39 is 5.60 Å². The van der Waals surface area contributed by atoms with Crippen LogP contribution in [0.2, 0.25) is 0 Å². The largest absolute Gasteiger partial charge is 0.480 e. The summed E-state index contributed by atoms with van der Waals surface area (Å²) < 4.78 is 12.2. The third-order valence-electron chi connectivity index (χ3n) is 6.76. The summed E-state index contributed by atoms with van der Waals surface area (Å²) in [7, 11) is 4.15. The van der Waals surface area contributed by atoms with Crippen molar-refractivity contribution in [2.75, 3.05) is 33.9 Å². The number of hydrogen-bond acceptors (Lipinski definition) is 4. The number of aromatic nitrogens is 1. The van der Waals surface area contributed by atoms with E-state index in [1.165, 1.54) is 96.0 Å². The highest BCUT2D eigenvalue weighted by atomic mass is 35.5. The second kappa shape index (κ2) is 25.5. The van der Waals surface area contributed by atoms with Crippen LogP contribution in [0.25, 0.3) is 0 Å². The molecule has 0 aliphatic rings. The van der Waals surface area contributed by atoms with E-state index in [2.05, 4.69) is 37.8 Å². The van der Waals surface area contributed by atoms with Crippen molar-refractivity contribution in [3.63, 3.8) is 0 Å². The molecular weight excluding hydrogens is 507 g/mol. The lowest BCUT2D eigenvalue weighted by molar-refractivity contribution is -0.0241. The molecule has 1 aromatic rings. The molecule has 1 rings (SSSR count). The Balaban J connectivity index is 0. The number of H-pyrrole nitrogens is 1. The van der Waals surface area contributed by atoms with E-state index in [4.69, 9.17) is 9.47 Å². The molecule has 37 heavy (non-hydrogen) atoms. The molecule has 0 aliphatic heterocycles. The Morgan fingerprint density at radius 2 is 1.32 bits per heavy atom. The van der Waals surface area contributed by atoms with Crippen LogP contribution < -0.4 is 10.2 Å². The first-order valence-corrected chi connectivity index (χ1v) is 14.6. The maximum Gasteiger partial charge on any atom is 0.223 e. The van der Waals surface area contributed by atoms with Crippen LogP contribution in [0.5, 0.6) is 5.75 Å². The first kappa shape index (κ1) is 38.4. The Morgan fingerprint density at radius 1 is 0.811 bits per heavy atom. The highest BCUT2D eigenvalue weighted by Gasteiger charge is 2.27. The smallest absolute Gasteiger partial charge is 0.223 e. The predicted molar refractivity (Wildman–Crippen MR) is 164 cm³/mol. The second-order valence-electron chi connectivity index (χ2n) is 10.8. The van der Waals surface area contributed by atoms with Gasteiger partial charge in [-0.3, -0.25) is 4.79 Å². The second-order valence-corrected chi connectivity index (χ2v) is 10.8. The van der Waals surface area contributed by atoms with Gasteiger partial charge in [-0.2, -0.15) is 0 Å². The lowest BCUT2D eigenvalue weighted by atomic mass is 9.97. The minimum absolute atomic E-state index is 0. The number of halogens is 2. The lowest BCUT2D eigenvalue weighted by Crippen LogP contribution is -2.39. The average Bonchev–Trinajstić information content (AvgIpc) is 2.83. The summed E-state index contributed by atoms with van der Waals surface area (Å²) >= 11 is 0. The van der Waals surface area contributed by atoms with Gasteiger partial charge in [-0.1, -0.05) is 96.8 Å². The average molecular weight is 566 g/mol. The number of rotatable bonds is 24. The normalized spacial score (nSPS) is 12.6. The van der Waals surface area contributed by atoms with E-state index in [1.807, 2.05) is 0 Å². The van der Waals surface area contributed by atoms with Gasteiger partial charge in [-0.25, -0.2) is 0 Å². The molecule has 0 fully saturated rings. The topological polar surface area (TPSA) is 54.6 Å². The van der Waals surface area contributed by atoms with Gasteiger partial charge < -0.3 is 19.4 Å². The number of ether oxygens (including phenoxy) is 2. The first-order valence-electron chi connectivity index (χ1n) is 14.6. The summed E-state index contributed by atoms with van der Waals surface area (Å²) in [6.45, 7) is 6.59. The summed E-state index contributed by atoms with van der Waals surface area (Å²) in [5.74, 6) is 0.382. The zero-order valence-corrected chi connectivity index (χ0v) is 26.0. The summed E-state index contributed by atoms with van der Waals surface area (Å²) in [6, 6.07) is 1.52. The van der Waals surface area contributed by atoms with Crippen LogP contribution in [0.1, 0.15) is 123 Å². The molecule has 5 nitrogen and oxygen atoms in total. The van der Waals surface area contributed by atoms with Crippen LogP contribution in [-0.4, -0.2) is 49.3 Å². The van der Waals surface area contributed by atoms with Crippen LogP contribution in [0.3, 0.4) is 0 Å². The fourth-order valence-corrected chi connectivity index (χ4v) is 4.54. The molecule has 1 unspecified atom stereocenters. The van der Waals surface area contributed by atoms with Crippen LogP contribution in [0, 0.1) is 0 Å². The van der Waals surface area contributed by atoms with E-state index in [0.29, 0.717) is 19.0 Å². The van der Waals surface area contributed by atoms with Crippen molar-refractivity contribution in [2.24, 2.45) is 0 Å². The predicted octanol–water partition coefficient (Wildman–Crippen LogP) is 8.59. The monoisotopic (exact) mass is 564 g/mol. The summed E-state index contributed by atoms with van der Waals surface area (Å²) in [5.41, 5.74) is -0.567. The Kier molecular flexibility index (Phi) is 26.5. The number of pyridine rings is 1. The number of hydrogen-bond donors (Lipinski definition) is 1. The number of nitrogens with zero attached hydrogens (tertiary/aromatic N) is 1. The molecule has 7 heteroatoms. The van der Waals surface area contributed by atoms with Crippen molar-refractivity contribution in [1.82, 2.24) is 9.88 Å². The first-order chi connectivity index (χ1) is 17.0. The zero-order valence-electron chi connectivity index (χ0n) is 24.4. The fraction of sp³-hybridized carbons (Fsp3) is 0.833. The third kappa shape index (κ3) is 21.8. The van der Waals surface area contributed by atoms with Crippen molar-refractivity contribution in [3.8, 4) is 5.75 Å². The van der Waals surface area contributed by atoms with E-state index in [0.717, 1.165) is 25.8 Å².